The molecule has 0 aliphatic carbocycles. The molecule has 0 saturated heterocycles. The highest BCUT2D eigenvalue weighted by Crippen LogP contribution is 2.06. The molecule has 1 aromatic heterocycles. The summed E-state index contributed by atoms with van der Waals surface area (Å²) in [7, 11) is 1.85. The minimum atomic E-state index is 0.0488. The molecular formula is C7H11NO2. The van der Waals surface area contributed by atoms with E-state index in [1.165, 1.54) is 0 Å². The SMILES string of the molecule is CNCc1cc(CO)co1. The summed E-state index contributed by atoms with van der Waals surface area (Å²) in [5.74, 6) is 0.853. The van der Waals surface area contributed by atoms with Crippen LogP contribution in [0.25, 0.3) is 0 Å². The molecule has 1 heterocycles. The number of rotatable bonds is 3. The molecule has 0 aromatic carbocycles. The van der Waals surface area contributed by atoms with Crippen molar-refractivity contribution in [3.63, 3.8) is 0 Å². The van der Waals surface area contributed by atoms with Gasteiger partial charge >= 0.3 is 0 Å². The summed E-state index contributed by atoms with van der Waals surface area (Å²) in [6.07, 6.45) is 1.56. The fourth-order valence-corrected chi connectivity index (χ4v) is 0.776. The molecule has 0 aliphatic heterocycles. The average molecular weight is 141 g/mol. The van der Waals surface area contributed by atoms with Gasteiger partial charge in [0.15, 0.2) is 0 Å². The fraction of sp³-hybridized carbons (Fsp3) is 0.429. The second-order valence-electron chi connectivity index (χ2n) is 2.11. The molecule has 0 unspecified atom stereocenters. The summed E-state index contributed by atoms with van der Waals surface area (Å²) in [5, 5.41) is 11.6. The van der Waals surface area contributed by atoms with Crippen LogP contribution in [-0.4, -0.2) is 12.2 Å². The lowest BCUT2D eigenvalue weighted by molar-refractivity contribution is 0.280. The van der Waals surface area contributed by atoms with Gasteiger partial charge in [-0.15, -0.1) is 0 Å². The lowest BCUT2D eigenvalue weighted by Gasteiger charge is -1.89. The van der Waals surface area contributed by atoms with Gasteiger partial charge in [0.1, 0.15) is 5.76 Å². The van der Waals surface area contributed by atoms with Crippen LogP contribution in [0.2, 0.25) is 0 Å². The summed E-state index contributed by atoms with van der Waals surface area (Å²) >= 11 is 0. The van der Waals surface area contributed by atoms with E-state index in [1.54, 1.807) is 6.26 Å². The van der Waals surface area contributed by atoms with E-state index in [9.17, 15) is 0 Å². The van der Waals surface area contributed by atoms with Crippen LogP contribution in [0.4, 0.5) is 0 Å². The molecule has 3 nitrogen and oxygen atoms in total. The summed E-state index contributed by atoms with van der Waals surface area (Å²) in [4.78, 5) is 0. The number of furan rings is 1. The van der Waals surface area contributed by atoms with Crippen molar-refractivity contribution < 1.29 is 9.52 Å². The third kappa shape index (κ3) is 1.59. The second kappa shape index (κ2) is 3.39. The Morgan fingerprint density at radius 1 is 1.70 bits per heavy atom. The molecule has 0 atom stereocenters. The van der Waals surface area contributed by atoms with Gasteiger partial charge in [-0.1, -0.05) is 0 Å². The molecule has 0 spiro atoms. The maximum atomic E-state index is 8.64. The zero-order chi connectivity index (χ0) is 7.40. The Kier molecular flexibility index (Phi) is 2.48. The Bertz CT molecular complexity index is 195. The van der Waals surface area contributed by atoms with Crippen molar-refractivity contribution >= 4 is 0 Å². The molecule has 10 heavy (non-hydrogen) atoms. The van der Waals surface area contributed by atoms with Gasteiger partial charge in [-0.3, -0.25) is 0 Å². The van der Waals surface area contributed by atoms with E-state index in [2.05, 4.69) is 5.32 Å². The van der Waals surface area contributed by atoms with E-state index >= 15 is 0 Å². The lowest BCUT2D eigenvalue weighted by atomic mass is 10.3. The van der Waals surface area contributed by atoms with Crippen molar-refractivity contribution in [1.29, 1.82) is 0 Å². The van der Waals surface area contributed by atoms with Gasteiger partial charge in [0.25, 0.3) is 0 Å². The topological polar surface area (TPSA) is 45.4 Å². The zero-order valence-corrected chi connectivity index (χ0v) is 5.92. The summed E-state index contributed by atoms with van der Waals surface area (Å²) in [5.41, 5.74) is 0.824. The molecule has 56 valence electrons. The van der Waals surface area contributed by atoms with Crippen molar-refractivity contribution in [3.05, 3.63) is 23.7 Å². The highest BCUT2D eigenvalue weighted by Gasteiger charge is 1.97. The van der Waals surface area contributed by atoms with Crippen LogP contribution < -0.4 is 5.32 Å². The maximum absolute atomic E-state index is 8.64. The highest BCUT2D eigenvalue weighted by molar-refractivity contribution is 5.11. The van der Waals surface area contributed by atoms with E-state index in [4.69, 9.17) is 9.52 Å². The van der Waals surface area contributed by atoms with Crippen LogP contribution in [0.5, 0.6) is 0 Å². The standard InChI is InChI=1S/C7H11NO2/c1-8-3-7-2-6(4-9)5-10-7/h2,5,8-9H,3-4H2,1H3. The third-order valence-electron chi connectivity index (χ3n) is 1.24. The third-order valence-corrected chi connectivity index (χ3v) is 1.24. The van der Waals surface area contributed by atoms with E-state index < -0.39 is 0 Å². The van der Waals surface area contributed by atoms with Crippen LogP contribution >= 0.6 is 0 Å². The van der Waals surface area contributed by atoms with E-state index in [-0.39, 0.29) is 6.61 Å². The Hall–Kier alpha value is -0.800. The highest BCUT2D eigenvalue weighted by atomic mass is 16.3. The van der Waals surface area contributed by atoms with E-state index in [1.807, 2.05) is 13.1 Å². The Morgan fingerprint density at radius 2 is 2.50 bits per heavy atom. The minimum Gasteiger partial charge on any atom is -0.468 e. The van der Waals surface area contributed by atoms with Crippen LogP contribution in [0.1, 0.15) is 11.3 Å². The van der Waals surface area contributed by atoms with Crippen molar-refractivity contribution in [3.8, 4) is 0 Å². The first-order valence-electron chi connectivity index (χ1n) is 3.18. The van der Waals surface area contributed by atoms with Gasteiger partial charge in [-0.25, -0.2) is 0 Å². The van der Waals surface area contributed by atoms with Crippen molar-refractivity contribution in [2.24, 2.45) is 0 Å². The van der Waals surface area contributed by atoms with E-state index in [0.717, 1.165) is 11.3 Å². The van der Waals surface area contributed by atoms with Gasteiger partial charge in [0, 0.05) is 5.56 Å². The van der Waals surface area contributed by atoms with E-state index in [0.29, 0.717) is 6.54 Å². The largest absolute Gasteiger partial charge is 0.468 e. The summed E-state index contributed by atoms with van der Waals surface area (Å²) in [6, 6.07) is 1.83. The predicted molar refractivity (Wildman–Crippen MR) is 37.4 cm³/mol. The Balaban J connectivity index is 2.59. The number of aliphatic hydroxyl groups is 1. The molecule has 2 N–H and O–H groups in total. The van der Waals surface area contributed by atoms with Crippen LogP contribution in [0.3, 0.4) is 0 Å². The second-order valence-corrected chi connectivity index (χ2v) is 2.11. The van der Waals surface area contributed by atoms with Gasteiger partial charge in [0.2, 0.25) is 0 Å². The van der Waals surface area contributed by atoms with Crippen molar-refractivity contribution in [1.82, 2.24) is 5.32 Å². The molecule has 0 radical (unpaired) electrons. The molecule has 1 aromatic rings. The van der Waals surface area contributed by atoms with Crippen LogP contribution in [0, 0.1) is 0 Å². The zero-order valence-electron chi connectivity index (χ0n) is 5.92. The van der Waals surface area contributed by atoms with Gasteiger partial charge < -0.3 is 14.8 Å². The van der Waals surface area contributed by atoms with Crippen LogP contribution in [0.15, 0.2) is 16.7 Å². The first-order valence-corrected chi connectivity index (χ1v) is 3.18. The van der Waals surface area contributed by atoms with Crippen molar-refractivity contribution in [2.75, 3.05) is 7.05 Å². The van der Waals surface area contributed by atoms with Gasteiger partial charge in [0.05, 0.1) is 19.4 Å². The molecule has 1 rings (SSSR count). The predicted octanol–water partition coefficient (Wildman–Crippen LogP) is 0.491. The number of hydrogen-bond donors (Lipinski definition) is 2. The average Bonchev–Trinajstić information content (AvgIpc) is 2.37. The Labute approximate surface area is 59.7 Å². The molecule has 0 aliphatic rings. The summed E-state index contributed by atoms with van der Waals surface area (Å²) in [6.45, 7) is 0.757. The van der Waals surface area contributed by atoms with Gasteiger partial charge in [-0.2, -0.15) is 0 Å². The fourth-order valence-electron chi connectivity index (χ4n) is 0.776. The molecule has 0 fully saturated rings. The normalized spacial score (nSPS) is 10.2. The minimum absolute atomic E-state index is 0.0488. The first kappa shape index (κ1) is 7.31. The monoisotopic (exact) mass is 141 g/mol. The molecule has 0 bridgehead atoms. The Morgan fingerprint density at radius 3 is 3.00 bits per heavy atom. The van der Waals surface area contributed by atoms with Crippen molar-refractivity contribution in [2.45, 2.75) is 13.2 Å². The molecule has 0 saturated carbocycles. The summed E-state index contributed by atoms with van der Waals surface area (Å²) < 4.78 is 5.07. The smallest absolute Gasteiger partial charge is 0.117 e. The van der Waals surface area contributed by atoms with Gasteiger partial charge in [-0.05, 0) is 13.1 Å². The lowest BCUT2D eigenvalue weighted by Crippen LogP contribution is -2.03. The molecule has 0 amide bonds. The molecular weight excluding hydrogens is 130 g/mol. The number of aliphatic hydroxyl groups excluding tert-OH is 1. The first-order chi connectivity index (χ1) is 4.86. The van der Waals surface area contributed by atoms with Crippen LogP contribution in [-0.2, 0) is 13.2 Å². The number of hydrogen-bond acceptors (Lipinski definition) is 3. The number of nitrogens with one attached hydrogen (secondary N) is 1. The maximum Gasteiger partial charge on any atom is 0.117 e. The molecule has 3 heteroatoms. The quantitative estimate of drug-likeness (QED) is 0.644.